The summed E-state index contributed by atoms with van der Waals surface area (Å²) in [7, 11) is -2.65. The molecular formula is C9H10FNO4S. The summed E-state index contributed by atoms with van der Waals surface area (Å²) in [6.07, 6.45) is 0. The van der Waals surface area contributed by atoms with Crippen molar-refractivity contribution in [3.05, 3.63) is 30.1 Å². The minimum atomic E-state index is -3.80. The van der Waals surface area contributed by atoms with Crippen LogP contribution in [0.4, 0.5) is 4.39 Å². The van der Waals surface area contributed by atoms with Crippen LogP contribution in [0.2, 0.25) is 0 Å². The third-order valence-corrected chi connectivity index (χ3v) is 3.18. The molecule has 0 aliphatic rings. The van der Waals surface area contributed by atoms with Crippen LogP contribution in [0.3, 0.4) is 0 Å². The number of hydrogen-bond acceptors (Lipinski definition) is 4. The molecule has 5 nitrogen and oxygen atoms in total. The van der Waals surface area contributed by atoms with E-state index in [1.165, 1.54) is 0 Å². The number of sulfonamides is 1. The molecule has 0 fully saturated rings. The van der Waals surface area contributed by atoms with E-state index in [1.54, 1.807) is 0 Å². The fraction of sp³-hybridized carbons (Fsp3) is 0.222. The first kappa shape index (κ1) is 12.6. The van der Waals surface area contributed by atoms with Gasteiger partial charge in [-0.1, -0.05) is 0 Å². The Kier molecular flexibility index (Phi) is 3.97. The van der Waals surface area contributed by atoms with Crippen LogP contribution in [0.1, 0.15) is 0 Å². The number of benzene rings is 1. The number of carbonyl (C=O) groups is 1. The number of carbonyl (C=O) groups excluding carboxylic acids is 1. The highest BCUT2D eigenvalue weighted by Crippen LogP contribution is 2.08. The van der Waals surface area contributed by atoms with Gasteiger partial charge in [0.2, 0.25) is 10.0 Å². The van der Waals surface area contributed by atoms with Crippen molar-refractivity contribution in [1.82, 2.24) is 4.72 Å². The number of halogens is 1. The summed E-state index contributed by atoms with van der Waals surface area (Å²) in [6, 6.07) is 4.25. The van der Waals surface area contributed by atoms with Crippen LogP contribution in [-0.2, 0) is 19.6 Å². The van der Waals surface area contributed by atoms with Crippen LogP contribution in [-0.4, -0.2) is 28.0 Å². The second-order valence-corrected chi connectivity index (χ2v) is 4.62. The molecule has 0 bridgehead atoms. The van der Waals surface area contributed by atoms with Gasteiger partial charge in [0.25, 0.3) is 0 Å². The van der Waals surface area contributed by atoms with Crippen molar-refractivity contribution in [2.75, 3.05) is 13.7 Å². The molecule has 88 valence electrons. The molecule has 1 aromatic rings. The summed E-state index contributed by atoms with van der Waals surface area (Å²) in [5.74, 6) is -1.24. The summed E-state index contributed by atoms with van der Waals surface area (Å²) < 4.78 is 41.9. The second kappa shape index (κ2) is 5.04. The molecule has 7 heteroatoms. The molecule has 1 N–H and O–H groups in total. The second-order valence-electron chi connectivity index (χ2n) is 2.85. The highest BCUT2D eigenvalue weighted by molar-refractivity contribution is 7.89. The third-order valence-electron chi connectivity index (χ3n) is 1.76. The molecule has 0 amide bonds. The average Bonchev–Trinajstić information content (AvgIpc) is 2.26. The van der Waals surface area contributed by atoms with Crippen molar-refractivity contribution in [3.8, 4) is 0 Å². The van der Waals surface area contributed by atoms with Gasteiger partial charge >= 0.3 is 5.97 Å². The Bertz CT molecular complexity index is 469. The highest BCUT2D eigenvalue weighted by Gasteiger charge is 2.15. The third kappa shape index (κ3) is 3.28. The first-order valence-corrected chi connectivity index (χ1v) is 5.76. The summed E-state index contributed by atoms with van der Waals surface area (Å²) in [5.41, 5.74) is 0. The normalized spacial score (nSPS) is 11.1. The molecule has 0 atom stereocenters. The first-order valence-electron chi connectivity index (χ1n) is 4.28. The lowest BCUT2D eigenvalue weighted by molar-refractivity contribution is -0.139. The Hall–Kier alpha value is -1.47. The molecule has 0 aliphatic heterocycles. The van der Waals surface area contributed by atoms with E-state index in [1.807, 2.05) is 4.72 Å². The smallest absolute Gasteiger partial charge is 0.320 e. The molecule has 1 rings (SSSR count). The van der Waals surface area contributed by atoms with E-state index < -0.39 is 28.4 Å². The summed E-state index contributed by atoms with van der Waals surface area (Å²) in [5, 5.41) is 0. The summed E-state index contributed by atoms with van der Waals surface area (Å²) in [4.78, 5) is 10.6. The Labute approximate surface area is 92.3 Å². The fourth-order valence-electron chi connectivity index (χ4n) is 0.923. The van der Waals surface area contributed by atoms with Crippen LogP contribution < -0.4 is 4.72 Å². The maximum Gasteiger partial charge on any atom is 0.320 e. The maximum absolute atomic E-state index is 12.6. The number of hydrogen-bond donors (Lipinski definition) is 1. The van der Waals surface area contributed by atoms with Crippen LogP contribution in [0.25, 0.3) is 0 Å². The van der Waals surface area contributed by atoms with Gasteiger partial charge in [0.15, 0.2) is 0 Å². The van der Waals surface area contributed by atoms with Crippen molar-refractivity contribution < 1.29 is 22.3 Å². The van der Waals surface area contributed by atoms with E-state index in [0.29, 0.717) is 0 Å². The zero-order chi connectivity index (χ0) is 12.2. The molecule has 0 saturated heterocycles. The van der Waals surface area contributed by atoms with Gasteiger partial charge in [0.1, 0.15) is 12.4 Å². The standard InChI is InChI=1S/C9H10FNO4S/c1-15-9(12)6-11-16(13,14)8-4-2-7(10)3-5-8/h2-5,11H,6H2,1H3. The SMILES string of the molecule is COC(=O)CNS(=O)(=O)c1ccc(F)cc1. The van der Waals surface area contributed by atoms with Gasteiger partial charge in [-0.3, -0.25) is 4.79 Å². The van der Waals surface area contributed by atoms with Gasteiger partial charge in [-0.25, -0.2) is 12.8 Å². The molecule has 0 aliphatic carbocycles. The molecular weight excluding hydrogens is 237 g/mol. The molecule has 0 unspecified atom stereocenters. The quantitative estimate of drug-likeness (QED) is 0.775. The number of methoxy groups -OCH3 is 1. The number of esters is 1. The Morgan fingerprint density at radius 2 is 1.94 bits per heavy atom. The molecule has 0 heterocycles. The van der Waals surface area contributed by atoms with Gasteiger partial charge in [-0.05, 0) is 24.3 Å². The number of rotatable bonds is 4. The zero-order valence-corrected chi connectivity index (χ0v) is 9.25. The van der Waals surface area contributed by atoms with E-state index >= 15 is 0 Å². The van der Waals surface area contributed by atoms with E-state index in [-0.39, 0.29) is 4.90 Å². The van der Waals surface area contributed by atoms with E-state index in [9.17, 15) is 17.6 Å². The predicted octanol–water partition coefficient (Wildman–Crippen LogP) is 0.277. The Morgan fingerprint density at radius 3 is 2.44 bits per heavy atom. The van der Waals surface area contributed by atoms with E-state index in [4.69, 9.17) is 0 Å². The van der Waals surface area contributed by atoms with Gasteiger partial charge in [0.05, 0.1) is 12.0 Å². The largest absolute Gasteiger partial charge is 0.468 e. The van der Waals surface area contributed by atoms with Gasteiger partial charge in [-0.2, -0.15) is 4.72 Å². The van der Waals surface area contributed by atoms with Crippen molar-refractivity contribution in [2.24, 2.45) is 0 Å². The molecule has 0 radical (unpaired) electrons. The van der Waals surface area contributed by atoms with Crippen molar-refractivity contribution >= 4 is 16.0 Å². The van der Waals surface area contributed by atoms with Crippen molar-refractivity contribution in [3.63, 3.8) is 0 Å². The van der Waals surface area contributed by atoms with Gasteiger partial charge in [0, 0.05) is 0 Å². The summed E-state index contributed by atoms with van der Waals surface area (Å²) in [6.45, 7) is -0.462. The van der Waals surface area contributed by atoms with Gasteiger partial charge < -0.3 is 4.74 Å². The van der Waals surface area contributed by atoms with Crippen LogP contribution in [0.5, 0.6) is 0 Å². The maximum atomic E-state index is 12.6. The van der Waals surface area contributed by atoms with E-state index in [0.717, 1.165) is 31.4 Å². The van der Waals surface area contributed by atoms with Crippen LogP contribution in [0.15, 0.2) is 29.2 Å². The molecule has 16 heavy (non-hydrogen) atoms. The van der Waals surface area contributed by atoms with E-state index in [2.05, 4.69) is 4.74 Å². The predicted molar refractivity (Wildman–Crippen MR) is 53.6 cm³/mol. The Balaban J connectivity index is 2.78. The minimum Gasteiger partial charge on any atom is -0.468 e. The number of ether oxygens (including phenoxy) is 1. The monoisotopic (exact) mass is 247 g/mol. The fourth-order valence-corrected chi connectivity index (χ4v) is 1.89. The number of nitrogens with one attached hydrogen (secondary N) is 1. The highest BCUT2D eigenvalue weighted by atomic mass is 32.2. The summed E-state index contributed by atoms with van der Waals surface area (Å²) >= 11 is 0. The topological polar surface area (TPSA) is 72.5 Å². The van der Waals surface area contributed by atoms with Crippen LogP contribution >= 0.6 is 0 Å². The van der Waals surface area contributed by atoms with Gasteiger partial charge in [-0.15, -0.1) is 0 Å². The molecule has 1 aromatic carbocycles. The molecule has 0 aromatic heterocycles. The average molecular weight is 247 g/mol. The minimum absolute atomic E-state index is 0.113. The zero-order valence-electron chi connectivity index (χ0n) is 8.44. The first-order chi connectivity index (χ1) is 7.45. The van der Waals surface area contributed by atoms with Crippen molar-refractivity contribution in [1.29, 1.82) is 0 Å². The van der Waals surface area contributed by atoms with Crippen LogP contribution in [0, 0.1) is 5.82 Å². The lowest BCUT2D eigenvalue weighted by Gasteiger charge is -2.05. The molecule has 0 spiro atoms. The van der Waals surface area contributed by atoms with Crippen molar-refractivity contribution in [2.45, 2.75) is 4.90 Å². The Morgan fingerprint density at radius 1 is 1.38 bits per heavy atom. The lowest BCUT2D eigenvalue weighted by atomic mass is 10.4. The lowest BCUT2D eigenvalue weighted by Crippen LogP contribution is -2.30. The molecule has 0 saturated carbocycles.